The number of hydrogen-bond acceptors (Lipinski definition) is 3. The highest BCUT2D eigenvalue weighted by Crippen LogP contribution is 2.30. The van der Waals surface area contributed by atoms with E-state index in [0.29, 0.717) is 24.0 Å². The van der Waals surface area contributed by atoms with E-state index in [1.54, 1.807) is 6.07 Å². The maximum Gasteiger partial charge on any atom is 0.248 e. The number of nitrogens with two attached hydrogens (primary N) is 1. The van der Waals surface area contributed by atoms with Crippen LogP contribution in [0.5, 0.6) is 0 Å². The summed E-state index contributed by atoms with van der Waals surface area (Å²) < 4.78 is 0. The van der Waals surface area contributed by atoms with Crippen LogP contribution in [0.2, 0.25) is 0 Å². The molecule has 0 heterocycles. The number of primary amides is 1. The van der Waals surface area contributed by atoms with Crippen LogP contribution in [0.25, 0.3) is 0 Å². The summed E-state index contributed by atoms with van der Waals surface area (Å²) in [4.78, 5) is 11.1. The number of aliphatic hydroxyl groups excluding tert-OH is 1. The summed E-state index contributed by atoms with van der Waals surface area (Å²) in [6, 6.07) is 5.57. The zero-order chi connectivity index (χ0) is 14.5. The minimum Gasteiger partial charge on any atom is -0.396 e. The molecule has 0 saturated heterocycles. The number of carbonyl (C=O) groups is 1. The number of nitrogens with one attached hydrogen (secondary N) is 1. The van der Waals surface area contributed by atoms with Crippen molar-refractivity contribution in [2.45, 2.75) is 32.7 Å². The van der Waals surface area contributed by atoms with Crippen molar-refractivity contribution in [3.05, 3.63) is 34.9 Å². The predicted octanol–water partition coefficient (Wildman–Crippen LogP) is 1.59. The molecule has 4 nitrogen and oxygen atoms in total. The lowest BCUT2D eigenvalue weighted by Crippen LogP contribution is -2.26. The van der Waals surface area contributed by atoms with E-state index >= 15 is 0 Å². The third kappa shape index (κ3) is 3.58. The molecule has 1 aliphatic rings. The average molecular weight is 276 g/mol. The minimum absolute atomic E-state index is 0.304. The first kappa shape index (κ1) is 15.0. The van der Waals surface area contributed by atoms with Gasteiger partial charge in [-0.25, -0.2) is 0 Å². The van der Waals surface area contributed by atoms with E-state index in [1.165, 1.54) is 18.4 Å². The Morgan fingerprint density at radius 2 is 2.15 bits per heavy atom. The van der Waals surface area contributed by atoms with Crippen molar-refractivity contribution >= 4 is 5.91 Å². The number of rotatable bonds is 6. The van der Waals surface area contributed by atoms with E-state index in [-0.39, 0.29) is 5.91 Å². The van der Waals surface area contributed by atoms with Crippen molar-refractivity contribution in [3.63, 3.8) is 0 Å². The van der Waals surface area contributed by atoms with Crippen molar-refractivity contribution in [1.82, 2.24) is 5.32 Å². The van der Waals surface area contributed by atoms with E-state index in [4.69, 9.17) is 5.73 Å². The summed E-state index contributed by atoms with van der Waals surface area (Å²) in [7, 11) is 0. The quantitative estimate of drug-likeness (QED) is 0.738. The molecule has 1 aromatic carbocycles. The molecule has 2 unspecified atom stereocenters. The molecular formula is C16H24N2O2. The summed E-state index contributed by atoms with van der Waals surface area (Å²) >= 11 is 0. The van der Waals surface area contributed by atoms with Gasteiger partial charge in [0.25, 0.3) is 0 Å². The lowest BCUT2D eigenvalue weighted by Gasteiger charge is -2.18. The van der Waals surface area contributed by atoms with E-state index in [9.17, 15) is 9.90 Å². The molecule has 110 valence electrons. The fraction of sp³-hybridized carbons (Fsp3) is 0.562. The van der Waals surface area contributed by atoms with Crippen LogP contribution in [0.15, 0.2) is 18.2 Å². The number of hydrogen-bond donors (Lipinski definition) is 3. The number of aryl methyl sites for hydroxylation is 1. The molecule has 0 bridgehead atoms. The van der Waals surface area contributed by atoms with Crippen molar-refractivity contribution in [2.24, 2.45) is 17.6 Å². The molecule has 1 aromatic rings. The van der Waals surface area contributed by atoms with Crippen LogP contribution in [0.1, 0.15) is 40.7 Å². The van der Waals surface area contributed by atoms with Crippen LogP contribution in [-0.4, -0.2) is 24.2 Å². The molecule has 0 aliphatic heterocycles. The maximum atomic E-state index is 11.1. The van der Waals surface area contributed by atoms with E-state index < -0.39 is 0 Å². The third-order valence-electron chi connectivity index (χ3n) is 4.40. The van der Waals surface area contributed by atoms with Crippen LogP contribution in [0.3, 0.4) is 0 Å². The first-order chi connectivity index (χ1) is 9.61. The Kier molecular flexibility index (Phi) is 5.15. The molecule has 0 aromatic heterocycles. The maximum absolute atomic E-state index is 11.1. The zero-order valence-electron chi connectivity index (χ0n) is 12.1. The van der Waals surface area contributed by atoms with E-state index in [2.05, 4.69) is 5.32 Å². The van der Waals surface area contributed by atoms with Gasteiger partial charge in [-0.3, -0.25) is 4.79 Å². The summed E-state index contributed by atoms with van der Waals surface area (Å²) in [6.07, 6.45) is 3.58. The molecule has 1 aliphatic carbocycles. The topological polar surface area (TPSA) is 75.4 Å². The Morgan fingerprint density at radius 3 is 2.80 bits per heavy atom. The van der Waals surface area contributed by atoms with Crippen LogP contribution in [-0.2, 0) is 6.54 Å². The van der Waals surface area contributed by atoms with Crippen molar-refractivity contribution < 1.29 is 9.90 Å². The van der Waals surface area contributed by atoms with Gasteiger partial charge in [-0.15, -0.1) is 0 Å². The summed E-state index contributed by atoms with van der Waals surface area (Å²) in [5.74, 6) is 0.662. The Hall–Kier alpha value is -1.39. The van der Waals surface area contributed by atoms with Gasteiger partial charge in [0.15, 0.2) is 0 Å². The van der Waals surface area contributed by atoms with Gasteiger partial charge in [0.2, 0.25) is 5.91 Å². The van der Waals surface area contributed by atoms with Gasteiger partial charge in [-0.05, 0) is 61.4 Å². The second-order valence-corrected chi connectivity index (χ2v) is 5.77. The number of benzene rings is 1. The summed E-state index contributed by atoms with van der Waals surface area (Å²) in [5.41, 5.74) is 8.10. The second kappa shape index (κ2) is 6.86. The smallest absolute Gasteiger partial charge is 0.248 e. The van der Waals surface area contributed by atoms with Crippen LogP contribution in [0.4, 0.5) is 0 Å². The van der Waals surface area contributed by atoms with Gasteiger partial charge in [0, 0.05) is 18.7 Å². The monoisotopic (exact) mass is 276 g/mol. The minimum atomic E-state index is -0.385. The first-order valence-corrected chi connectivity index (χ1v) is 7.32. The molecule has 4 heteroatoms. The lowest BCUT2D eigenvalue weighted by atomic mass is 9.97. The van der Waals surface area contributed by atoms with Crippen LogP contribution >= 0.6 is 0 Å². The summed E-state index contributed by atoms with van der Waals surface area (Å²) in [5, 5.41) is 12.8. The number of amides is 1. The molecule has 1 amide bonds. The molecule has 0 radical (unpaired) electrons. The molecule has 2 atom stereocenters. The molecule has 0 spiro atoms. The highest BCUT2D eigenvalue weighted by Gasteiger charge is 2.25. The first-order valence-electron chi connectivity index (χ1n) is 7.32. The standard InChI is InChI=1S/C16H24N2O2/c1-11-7-12(16(17)20)5-6-13(11)8-18-9-14-3-2-4-15(14)10-19/h5-7,14-15,18-19H,2-4,8-10H2,1H3,(H2,17,20). The number of carbonyl (C=O) groups excluding carboxylic acids is 1. The van der Waals surface area contributed by atoms with Crippen molar-refractivity contribution in [1.29, 1.82) is 0 Å². The van der Waals surface area contributed by atoms with E-state index in [1.807, 2.05) is 19.1 Å². The molecule has 4 N–H and O–H groups in total. The fourth-order valence-electron chi connectivity index (χ4n) is 3.06. The van der Waals surface area contributed by atoms with Crippen LogP contribution < -0.4 is 11.1 Å². The predicted molar refractivity (Wildman–Crippen MR) is 79.3 cm³/mol. The van der Waals surface area contributed by atoms with Gasteiger partial charge >= 0.3 is 0 Å². The van der Waals surface area contributed by atoms with Crippen molar-refractivity contribution in [3.8, 4) is 0 Å². The molecule has 1 saturated carbocycles. The largest absolute Gasteiger partial charge is 0.396 e. The van der Waals surface area contributed by atoms with Gasteiger partial charge < -0.3 is 16.2 Å². The molecule has 20 heavy (non-hydrogen) atoms. The summed E-state index contributed by atoms with van der Waals surface area (Å²) in [6.45, 7) is 4.04. The Bertz CT molecular complexity index is 474. The fourth-order valence-corrected chi connectivity index (χ4v) is 3.06. The highest BCUT2D eigenvalue weighted by molar-refractivity contribution is 5.93. The Morgan fingerprint density at radius 1 is 1.40 bits per heavy atom. The third-order valence-corrected chi connectivity index (χ3v) is 4.40. The van der Waals surface area contributed by atoms with Gasteiger partial charge in [0.1, 0.15) is 0 Å². The normalized spacial score (nSPS) is 22.1. The number of aliphatic hydroxyl groups is 1. The molecule has 2 rings (SSSR count). The SMILES string of the molecule is Cc1cc(C(N)=O)ccc1CNCC1CCCC1CO. The van der Waals surface area contributed by atoms with Gasteiger partial charge in [0.05, 0.1) is 0 Å². The van der Waals surface area contributed by atoms with Crippen LogP contribution in [0, 0.1) is 18.8 Å². The zero-order valence-corrected chi connectivity index (χ0v) is 12.1. The highest BCUT2D eigenvalue weighted by atomic mass is 16.3. The Balaban J connectivity index is 1.86. The Labute approximate surface area is 120 Å². The van der Waals surface area contributed by atoms with Crippen molar-refractivity contribution in [2.75, 3.05) is 13.2 Å². The van der Waals surface area contributed by atoms with Gasteiger partial charge in [-0.2, -0.15) is 0 Å². The molecular weight excluding hydrogens is 252 g/mol. The second-order valence-electron chi connectivity index (χ2n) is 5.77. The lowest BCUT2D eigenvalue weighted by molar-refractivity contribution is 0.1000. The average Bonchev–Trinajstić information content (AvgIpc) is 2.87. The van der Waals surface area contributed by atoms with E-state index in [0.717, 1.165) is 25.1 Å². The van der Waals surface area contributed by atoms with Gasteiger partial charge in [-0.1, -0.05) is 12.5 Å². The molecule has 1 fully saturated rings.